The molecule has 0 aliphatic carbocycles. The van der Waals surface area contributed by atoms with E-state index in [1.54, 1.807) is 6.20 Å². The number of hydrogen-bond donors (Lipinski definition) is 3. The Labute approximate surface area is 77.6 Å². The lowest BCUT2D eigenvalue weighted by atomic mass is 10.2. The van der Waals surface area contributed by atoms with E-state index in [0.29, 0.717) is 5.69 Å². The van der Waals surface area contributed by atoms with Crippen molar-refractivity contribution in [2.45, 2.75) is 6.92 Å². The van der Waals surface area contributed by atoms with Gasteiger partial charge in [-0.3, -0.25) is 5.01 Å². The second-order valence-corrected chi connectivity index (χ2v) is 2.81. The highest BCUT2D eigenvalue weighted by Crippen LogP contribution is 2.22. The van der Waals surface area contributed by atoms with Crippen molar-refractivity contribution in [2.24, 2.45) is 11.6 Å². The molecule has 0 amide bonds. The van der Waals surface area contributed by atoms with Crippen molar-refractivity contribution in [3.63, 3.8) is 0 Å². The van der Waals surface area contributed by atoms with Gasteiger partial charge in [-0.05, 0) is 24.6 Å². The Bertz CT molecular complexity index is 319. The van der Waals surface area contributed by atoms with Crippen molar-refractivity contribution < 1.29 is 0 Å². The van der Waals surface area contributed by atoms with Gasteiger partial charge in [-0.25, -0.2) is 5.84 Å². The third kappa shape index (κ3) is 2.13. The summed E-state index contributed by atoms with van der Waals surface area (Å²) in [5.74, 6) is 5.66. The molecule has 4 nitrogen and oxygen atoms in total. The van der Waals surface area contributed by atoms with E-state index in [1.165, 1.54) is 11.2 Å². The number of nitrogens with zero attached hydrogens (tertiary/aromatic N) is 1. The molecular formula is C9H14N4. The van der Waals surface area contributed by atoms with Crippen LogP contribution in [0.4, 0.5) is 11.4 Å². The number of benzene rings is 1. The second-order valence-electron chi connectivity index (χ2n) is 2.81. The zero-order chi connectivity index (χ0) is 9.84. The Morgan fingerprint density at radius 1 is 1.38 bits per heavy atom. The molecule has 1 aromatic rings. The minimum absolute atomic E-state index is 0.631. The highest BCUT2D eigenvalue weighted by atomic mass is 15.4. The van der Waals surface area contributed by atoms with Gasteiger partial charge in [0.05, 0.1) is 11.4 Å². The second kappa shape index (κ2) is 3.82. The van der Waals surface area contributed by atoms with Crippen LogP contribution >= 0.6 is 0 Å². The molecule has 0 heterocycles. The molecule has 0 saturated carbocycles. The Kier molecular flexibility index (Phi) is 2.76. The van der Waals surface area contributed by atoms with Crippen LogP contribution in [0.3, 0.4) is 0 Å². The first-order chi connectivity index (χ1) is 6.15. The zero-order valence-corrected chi connectivity index (χ0v) is 7.57. The molecule has 0 bridgehead atoms. The maximum absolute atomic E-state index is 5.72. The molecule has 13 heavy (non-hydrogen) atoms. The summed E-state index contributed by atoms with van der Waals surface area (Å²) in [7, 11) is 0. The molecule has 1 rings (SSSR count). The van der Waals surface area contributed by atoms with Gasteiger partial charge in [-0.1, -0.05) is 6.07 Å². The average molecular weight is 178 g/mol. The van der Waals surface area contributed by atoms with Crippen molar-refractivity contribution in [1.29, 1.82) is 0 Å². The van der Waals surface area contributed by atoms with Gasteiger partial charge in [0.1, 0.15) is 0 Å². The molecule has 0 aromatic heterocycles. The molecule has 0 aliphatic heterocycles. The van der Waals surface area contributed by atoms with Crippen molar-refractivity contribution >= 4 is 11.4 Å². The number of nitrogen functional groups attached to an aromatic ring is 1. The molecule has 0 fully saturated rings. The number of anilines is 2. The van der Waals surface area contributed by atoms with Crippen molar-refractivity contribution in [3.05, 3.63) is 36.2 Å². The highest BCUT2D eigenvalue weighted by molar-refractivity contribution is 5.68. The van der Waals surface area contributed by atoms with Gasteiger partial charge in [0.2, 0.25) is 0 Å². The van der Waals surface area contributed by atoms with Gasteiger partial charge in [0, 0.05) is 12.4 Å². The van der Waals surface area contributed by atoms with E-state index in [1.807, 2.05) is 25.1 Å². The fourth-order valence-corrected chi connectivity index (χ4v) is 1.05. The third-order valence-corrected chi connectivity index (χ3v) is 1.71. The Hall–Kier alpha value is -1.68. The summed E-state index contributed by atoms with van der Waals surface area (Å²) in [5.41, 5.74) is 13.4. The molecule has 0 aliphatic rings. The fraction of sp³-hybridized carbons (Fsp3) is 0.111. The Morgan fingerprint density at radius 3 is 2.69 bits per heavy atom. The first-order valence-corrected chi connectivity index (χ1v) is 3.93. The van der Waals surface area contributed by atoms with Crippen LogP contribution in [-0.4, -0.2) is 0 Å². The minimum atomic E-state index is 0.631. The van der Waals surface area contributed by atoms with Gasteiger partial charge in [0.15, 0.2) is 0 Å². The average Bonchev–Trinajstić information content (AvgIpc) is 2.09. The van der Waals surface area contributed by atoms with Gasteiger partial charge in [-0.2, -0.15) is 0 Å². The van der Waals surface area contributed by atoms with Crippen LogP contribution in [0.1, 0.15) is 5.56 Å². The van der Waals surface area contributed by atoms with E-state index in [2.05, 4.69) is 0 Å². The summed E-state index contributed by atoms with van der Waals surface area (Å²) in [6.07, 6.45) is 2.91. The maximum Gasteiger partial charge on any atom is 0.0800 e. The quantitative estimate of drug-likeness (QED) is 0.353. The number of rotatable bonds is 2. The molecule has 1 aromatic carbocycles. The molecule has 6 N–H and O–H groups in total. The normalized spacial score (nSPS) is 10.6. The Morgan fingerprint density at radius 2 is 2.08 bits per heavy atom. The lowest BCUT2D eigenvalue weighted by molar-refractivity contribution is 1.07. The van der Waals surface area contributed by atoms with Crippen LogP contribution in [0.25, 0.3) is 0 Å². The van der Waals surface area contributed by atoms with Gasteiger partial charge >= 0.3 is 0 Å². The van der Waals surface area contributed by atoms with E-state index in [9.17, 15) is 0 Å². The standard InChI is InChI=1S/C9H14N4/c1-7-2-3-8(11)9(6-7)13(12)5-4-10/h2-6H,10-12H2,1H3/b5-4-. The molecular weight excluding hydrogens is 164 g/mol. The molecule has 0 radical (unpaired) electrons. The zero-order valence-electron chi connectivity index (χ0n) is 7.57. The Balaban J connectivity index is 3.05. The predicted molar refractivity (Wildman–Crippen MR) is 55.6 cm³/mol. The van der Waals surface area contributed by atoms with Crippen molar-refractivity contribution in [2.75, 3.05) is 10.7 Å². The number of hydrogen-bond acceptors (Lipinski definition) is 4. The highest BCUT2D eigenvalue weighted by Gasteiger charge is 2.02. The third-order valence-electron chi connectivity index (χ3n) is 1.71. The number of nitrogens with two attached hydrogens (primary N) is 3. The van der Waals surface area contributed by atoms with E-state index in [0.717, 1.165) is 11.3 Å². The van der Waals surface area contributed by atoms with E-state index in [-0.39, 0.29) is 0 Å². The summed E-state index contributed by atoms with van der Waals surface area (Å²) in [6, 6.07) is 5.64. The van der Waals surface area contributed by atoms with Crippen LogP contribution in [0, 0.1) is 6.92 Å². The number of aryl methyl sites for hydroxylation is 1. The minimum Gasteiger partial charge on any atom is -0.403 e. The topological polar surface area (TPSA) is 81.3 Å². The first kappa shape index (κ1) is 9.41. The summed E-state index contributed by atoms with van der Waals surface area (Å²) in [5, 5.41) is 1.39. The lowest BCUT2D eigenvalue weighted by Gasteiger charge is -2.15. The van der Waals surface area contributed by atoms with E-state index < -0.39 is 0 Å². The molecule has 0 atom stereocenters. The van der Waals surface area contributed by atoms with Gasteiger partial charge < -0.3 is 11.5 Å². The van der Waals surface area contributed by atoms with Crippen LogP contribution in [0.15, 0.2) is 30.6 Å². The van der Waals surface area contributed by atoms with Crippen LogP contribution in [-0.2, 0) is 0 Å². The monoisotopic (exact) mass is 178 g/mol. The molecule has 4 heteroatoms. The maximum atomic E-state index is 5.72. The van der Waals surface area contributed by atoms with Crippen LogP contribution in [0.5, 0.6) is 0 Å². The summed E-state index contributed by atoms with van der Waals surface area (Å²) in [6.45, 7) is 1.98. The largest absolute Gasteiger partial charge is 0.403 e. The molecule has 0 spiro atoms. The van der Waals surface area contributed by atoms with Crippen molar-refractivity contribution in [3.8, 4) is 0 Å². The lowest BCUT2D eigenvalue weighted by Crippen LogP contribution is -2.25. The van der Waals surface area contributed by atoms with E-state index in [4.69, 9.17) is 17.3 Å². The predicted octanol–water partition coefficient (Wildman–Crippen LogP) is 0.687. The summed E-state index contributed by atoms with van der Waals surface area (Å²) < 4.78 is 0. The molecule has 70 valence electrons. The summed E-state index contributed by atoms with van der Waals surface area (Å²) in [4.78, 5) is 0. The SMILES string of the molecule is Cc1ccc(N)c(N(N)/C=C\N)c1. The van der Waals surface area contributed by atoms with E-state index >= 15 is 0 Å². The summed E-state index contributed by atoms with van der Waals surface area (Å²) >= 11 is 0. The van der Waals surface area contributed by atoms with Gasteiger partial charge in [-0.15, -0.1) is 0 Å². The first-order valence-electron chi connectivity index (χ1n) is 3.93. The van der Waals surface area contributed by atoms with Gasteiger partial charge in [0.25, 0.3) is 0 Å². The van der Waals surface area contributed by atoms with Crippen LogP contribution in [0.2, 0.25) is 0 Å². The molecule has 0 saturated heterocycles. The smallest absolute Gasteiger partial charge is 0.0800 e. The molecule has 0 unspecified atom stereocenters. The van der Waals surface area contributed by atoms with Crippen LogP contribution < -0.4 is 22.3 Å². The van der Waals surface area contributed by atoms with Crippen molar-refractivity contribution in [1.82, 2.24) is 0 Å². The number of hydrazine groups is 1. The fourth-order valence-electron chi connectivity index (χ4n) is 1.05.